The first-order valence-corrected chi connectivity index (χ1v) is 5.44. The molecule has 78 valence electrons. The van der Waals surface area contributed by atoms with E-state index < -0.39 is 0 Å². The number of rotatable bonds is 3. The maximum Gasteiger partial charge on any atom is 0.0747 e. The van der Waals surface area contributed by atoms with E-state index in [-0.39, 0.29) is 5.41 Å². The molecule has 1 aliphatic carbocycles. The van der Waals surface area contributed by atoms with E-state index in [9.17, 15) is 0 Å². The first-order valence-electron chi connectivity index (χ1n) is 5.06. The summed E-state index contributed by atoms with van der Waals surface area (Å²) in [7, 11) is 0. The smallest absolute Gasteiger partial charge is 0.0747 e. The zero-order valence-corrected chi connectivity index (χ0v) is 9.43. The highest BCUT2D eigenvalue weighted by Gasteiger charge is 2.42. The van der Waals surface area contributed by atoms with Crippen molar-refractivity contribution in [2.24, 2.45) is 5.41 Å². The molecule has 0 spiro atoms. The summed E-state index contributed by atoms with van der Waals surface area (Å²) >= 11 is 6.01. The summed E-state index contributed by atoms with van der Waals surface area (Å²) in [6, 6.07) is 8.24. The fraction of sp³-hybridized carbons (Fsp3) is 0.417. The van der Waals surface area contributed by atoms with Crippen LogP contribution in [0.25, 0.3) is 0 Å². The molecule has 2 nitrogen and oxygen atoms in total. The molecule has 3 heteroatoms. The average molecular weight is 221 g/mol. The van der Waals surface area contributed by atoms with Crippen LogP contribution in [0.1, 0.15) is 18.4 Å². The van der Waals surface area contributed by atoms with Crippen LogP contribution < -0.4 is 5.32 Å². The summed E-state index contributed by atoms with van der Waals surface area (Å²) in [6.07, 6.45) is 2.02. The van der Waals surface area contributed by atoms with E-state index in [4.69, 9.17) is 16.9 Å². The third-order valence-corrected chi connectivity index (χ3v) is 3.30. The van der Waals surface area contributed by atoms with Crippen molar-refractivity contribution in [2.75, 3.05) is 11.9 Å². The number of nitriles is 1. The molecule has 0 aliphatic heterocycles. The fourth-order valence-electron chi connectivity index (χ4n) is 1.45. The minimum atomic E-state index is -0.114. The van der Waals surface area contributed by atoms with E-state index in [0.29, 0.717) is 0 Å². The number of hydrogen-bond acceptors (Lipinski definition) is 2. The second-order valence-corrected chi connectivity index (χ2v) is 4.62. The van der Waals surface area contributed by atoms with Gasteiger partial charge in [-0.1, -0.05) is 17.7 Å². The molecule has 0 radical (unpaired) electrons. The van der Waals surface area contributed by atoms with Crippen molar-refractivity contribution < 1.29 is 0 Å². The van der Waals surface area contributed by atoms with Crippen LogP contribution in [0.5, 0.6) is 0 Å². The Balaban J connectivity index is 2.00. The molecule has 0 unspecified atom stereocenters. The van der Waals surface area contributed by atoms with Gasteiger partial charge < -0.3 is 5.32 Å². The Hall–Kier alpha value is -1.20. The van der Waals surface area contributed by atoms with Crippen molar-refractivity contribution in [1.82, 2.24) is 0 Å². The van der Waals surface area contributed by atoms with Gasteiger partial charge in [0.2, 0.25) is 0 Å². The van der Waals surface area contributed by atoms with Gasteiger partial charge in [-0.2, -0.15) is 5.26 Å². The molecule has 15 heavy (non-hydrogen) atoms. The Labute approximate surface area is 94.9 Å². The zero-order valence-electron chi connectivity index (χ0n) is 8.68. The van der Waals surface area contributed by atoms with Crippen LogP contribution in [0.15, 0.2) is 18.2 Å². The lowest BCUT2D eigenvalue weighted by Gasteiger charge is -2.10. The van der Waals surface area contributed by atoms with Crippen molar-refractivity contribution in [2.45, 2.75) is 19.8 Å². The Morgan fingerprint density at radius 1 is 1.53 bits per heavy atom. The molecule has 0 atom stereocenters. The topological polar surface area (TPSA) is 35.8 Å². The standard InChI is InChI=1S/C12H13ClN2/c1-9-2-3-10(6-11(9)13)15-8-12(7-14)4-5-12/h2-3,6,15H,4-5,8H2,1H3. The van der Waals surface area contributed by atoms with Crippen LogP contribution in [0.3, 0.4) is 0 Å². The molecule has 1 aromatic carbocycles. The van der Waals surface area contributed by atoms with E-state index in [1.165, 1.54) is 0 Å². The number of nitrogens with zero attached hydrogens (tertiary/aromatic N) is 1. The van der Waals surface area contributed by atoms with Gasteiger partial charge in [0.1, 0.15) is 0 Å². The van der Waals surface area contributed by atoms with Crippen LogP contribution >= 0.6 is 11.6 Å². The predicted molar refractivity (Wildman–Crippen MR) is 62.0 cm³/mol. The molecule has 1 aliphatic rings. The van der Waals surface area contributed by atoms with Crippen LogP contribution in [0.4, 0.5) is 5.69 Å². The van der Waals surface area contributed by atoms with Crippen LogP contribution in [0.2, 0.25) is 5.02 Å². The van der Waals surface area contributed by atoms with Crippen molar-refractivity contribution in [3.05, 3.63) is 28.8 Å². The van der Waals surface area contributed by atoms with Crippen molar-refractivity contribution in [3.63, 3.8) is 0 Å². The minimum absolute atomic E-state index is 0.114. The van der Waals surface area contributed by atoms with Gasteiger partial charge in [-0.3, -0.25) is 0 Å². The van der Waals surface area contributed by atoms with Gasteiger partial charge in [-0.25, -0.2) is 0 Å². The third-order valence-electron chi connectivity index (χ3n) is 2.89. The summed E-state index contributed by atoms with van der Waals surface area (Å²) in [5.74, 6) is 0. The SMILES string of the molecule is Cc1ccc(NCC2(C#N)CC2)cc1Cl. The summed E-state index contributed by atoms with van der Waals surface area (Å²) in [4.78, 5) is 0. The van der Waals surface area contributed by atoms with E-state index in [1.54, 1.807) is 0 Å². The van der Waals surface area contributed by atoms with Crippen molar-refractivity contribution in [3.8, 4) is 6.07 Å². The Morgan fingerprint density at radius 2 is 2.27 bits per heavy atom. The van der Waals surface area contributed by atoms with Gasteiger partial charge in [0.05, 0.1) is 11.5 Å². The van der Waals surface area contributed by atoms with Gasteiger partial charge in [-0.15, -0.1) is 0 Å². The molecule has 1 fully saturated rings. The molecule has 0 amide bonds. The monoisotopic (exact) mass is 220 g/mol. The Bertz CT molecular complexity index is 416. The predicted octanol–water partition coefficient (Wildman–Crippen LogP) is 3.36. The molecule has 1 aromatic rings. The lowest BCUT2D eigenvalue weighted by atomic mass is 10.1. The molecule has 0 saturated heterocycles. The van der Waals surface area contributed by atoms with Crippen LogP contribution in [-0.4, -0.2) is 6.54 Å². The van der Waals surface area contributed by atoms with E-state index in [1.807, 2.05) is 25.1 Å². The highest BCUT2D eigenvalue weighted by Crippen LogP contribution is 2.44. The number of aryl methyl sites for hydroxylation is 1. The minimum Gasteiger partial charge on any atom is -0.383 e. The number of hydrogen-bond donors (Lipinski definition) is 1. The maximum atomic E-state index is 8.92. The lowest BCUT2D eigenvalue weighted by molar-refractivity contribution is 0.711. The summed E-state index contributed by atoms with van der Waals surface area (Å²) in [6.45, 7) is 2.70. The highest BCUT2D eigenvalue weighted by molar-refractivity contribution is 6.31. The normalized spacial score (nSPS) is 16.9. The molecule has 0 bridgehead atoms. The van der Waals surface area contributed by atoms with Crippen LogP contribution in [-0.2, 0) is 0 Å². The second-order valence-electron chi connectivity index (χ2n) is 4.21. The molecule has 2 rings (SSSR count). The quantitative estimate of drug-likeness (QED) is 0.848. The number of anilines is 1. The number of nitrogens with one attached hydrogen (secondary N) is 1. The van der Waals surface area contributed by atoms with Gasteiger partial charge >= 0.3 is 0 Å². The number of halogens is 1. The fourth-order valence-corrected chi connectivity index (χ4v) is 1.63. The summed E-state index contributed by atoms with van der Waals surface area (Å²) in [5.41, 5.74) is 1.95. The largest absolute Gasteiger partial charge is 0.383 e. The maximum absolute atomic E-state index is 8.92. The van der Waals surface area contributed by atoms with E-state index >= 15 is 0 Å². The summed E-state index contributed by atoms with van der Waals surface area (Å²) in [5, 5.41) is 12.9. The second kappa shape index (κ2) is 3.75. The molecular weight excluding hydrogens is 208 g/mol. The van der Waals surface area contributed by atoms with E-state index in [0.717, 1.165) is 35.7 Å². The molecular formula is C12H13ClN2. The Morgan fingerprint density at radius 3 is 2.80 bits per heavy atom. The van der Waals surface area contributed by atoms with Gasteiger partial charge in [-0.05, 0) is 37.5 Å². The lowest BCUT2D eigenvalue weighted by Crippen LogP contribution is -2.13. The molecule has 1 saturated carbocycles. The third kappa shape index (κ3) is 2.24. The zero-order chi connectivity index (χ0) is 10.9. The summed E-state index contributed by atoms with van der Waals surface area (Å²) < 4.78 is 0. The average Bonchev–Trinajstić information content (AvgIpc) is 3.01. The first-order chi connectivity index (χ1) is 7.15. The highest BCUT2D eigenvalue weighted by atomic mass is 35.5. The first kappa shape index (κ1) is 10.3. The van der Waals surface area contributed by atoms with Crippen molar-refractivity contribution in [1.29, 1.82) is 5.26 Å². The van der Waals surface area contributed by atoms with Gasteiger partial charge in [0, 0.05) is 17.3 Å². The molecule has 0 heterocycles. The van der Waals surface area contributed by atoms with Gasteiger partial charge in [0.25, 0.3) is 0 Å². The molecule has 0 aromatic heterocycles. The number of benzene rings is 1. The molecule has 1 N–H and O–H groups in total. The van der Waals surface area contributed by atoms with Crippen LogP contribution in [0, 0.1) is 23.7 Å². The van der Waals surface area contributed by atoms with E-state index in [2.05, 4.69) is 11.4 Å². The Kier molecular flexibility index (Phi) is 2.58. The van der Waals surface area contributed by atoms with Gasteiger partial charge in [0.15, 0.2) is 0 Å². The van der Waals surface area contributed by atoms with Crippen molar-refractivity contribution >= 4 is 17.3 Å².